The molecule has 0 bridgehead atoms. The van der Waals surface area contributed by atoms with E-state index in [1.807, 2.05) is 48.7 Å². The molecule has 0 saturated heterocycles. The van der Waals surface area contributed by atoms with Crippen molar-refractivity contribution in [3.05, 3.63) is 70.2 Å². The van der Waals surface area contributed by atoms with Gasteiger partial charge in [0.15, 0.2) is 0 Å². The second-order valence-corrected chi connectivity index (χ2v) is 6.92. The monoisotopic (exact) mass is 411 g/mol. The van der Waals surface area contributed by atoms with E-state index < -0.39 is 18.0 Å². The van der Waals surface area contributed by atoms with Gasteiger partial charge < -0.3 is 24.7 Å². The molecule has 0 radical (unpaired) electrons. The van der Waals surface area contributed by atoms with E-state index in [1.165, 1.54) is 0 Å². The maximum Gasteiger partial charge on any atom is 0.340 e. The third-order valence-electron chi connectivity index (χ3n) is 4.90. The third-order valence-corrected chi connectivity index (χ3v) is 4.90. The Morgan fingerprint density at radius 2 is 1.83 bits per heavy atom. The Kier molecular flexibility index (Phi) is 6.56. The van der Waals surface area contributed by atoms with Gasteiger partial charge in [0.1, 0.15) is 6.61 Å². The van der Waals surface area contributed by atoms with Gasteiger partial charge in [0.25, 0.3) is 0 Å². The molecule has 8 heteroatoms. The Hall–Kier alpha value is -3.55. The van der Waals surface area contributed by atoms with Crippen LogP contribution in [0.15, 0.2) is 47.7 Å². The summed E-state index contributed by atoms with van der Waals surface area (Å²) in [6, 6.07) is 11.3. The number of hydrogen-bond acceptors (Lipinski definition) is 5. The predicted molar refractivity (Wildman–Crippen MR) is 110 cm³/mol. The van der Waals surface area contributed by atoms with Crippen molar-refractivity contribution in [3.8, 4) is 0 Å². The minimum atomic E-state index is -0.558. The molecule has 1 aromatic heterocycles. The molecule has 0 unspecified atom stereocenters. The first kappa shape index (κ1) is 21.2. The third kappa shape index (κ3) is 4.71. The summed E-state index contributed by atoms with van der Waals surface area (Å²) in [7, 11) is 0. The summed E-state index contributed by atoms with van der Waals surface area (Å²) in [6.45, 7) is 6.12. The molecule has 2 aromatic rings. The number of amides is 2. The zero-order valence-electron chi connectivity index (χ0n) is 17.3. The Balaban J connectivity index is 1.75. The normalized spacial score (nSPS) is 13.5. The van der Waals surface area contributed by atoms with Crippen molar-refractivity contribution >= 4 is 18.0 Å². The van der Waals surface area contributed by atoms with Gasteiger partial charge >= 0.3 is 18.0 Å². The second kappa shape index (κ2) is 9.30. The first-order valence-electron chi connectivity index (χ1n) is 9.72. The van der Waals surface area contributed by atoms with E-state index >= 15 is 0 Å². The number of aromatic nitrogens is 1. The number of nitrogens with zero attached hydrogens (tertiary/aromatic N) is 1. The van der Waals surface area contributed by atoms with Gasteiger partial charge in [0, 0.05) is 17.9 Å². The first-order valence-corrected chi connectivity index (χ1v) is 9.72. The Morgan fingerprint density at radius 3 is 2.53 bits per heavy atom. The van der Waals surface area contributed by atoms with Crippen LogP contribution >= 0.6 is 0 Å². The number of urea groups is 1. The lowest BCUT2D eigenvalue weighted by atomic mass is 10.1. The van der Waals surface area contributed by atoms with Crippen molar-refractivity contribution < 1.29 is 23.9 Å². The lowest BCUT2D eigenvalue weighted by molar-refractivity contribution is -0.138. The minimum Gasteiger partial charge on any atom is -0.463 e. The van der Waals surface area contributed by atoms with Crippen LogP contribution in [0, 0.1) is 13.8 Å². The summed E-state index contributed by atoms with van der Waals surface area (Å²) in [5.41, 5.74) is 3.76. The number of ether oxygens (including phenoxy) is 2. The van der Waals surface area contributed by atoms with Crippen molar-refractivity contribution in [1.82, 2.24) is 15.2 Å². The van der Waals surface area contributed by atoms with Crippen LogP contribution in [-0.2, 0) is 20.8 Å². The molecule has 0 spiro atoms. The average molecular weight is 411 g/mol. The standard InChI is InChI=1S/C22H25N3O5/c1-4-29-21(27)18-11-23-22(28)24-19(18)13-30-20(26)17-10-14(2)25(15(17)3)12-16-8-6-5-7-9-16/h5-10H,4,11-13H2,1-3H3,(H2,23,24,28). The number of rotatable bonds is 7. The smallest absolute Gasteiger partial charge is 0.340 e. The molecule has 0 fully saturated rings. The minimum absolute atomic E-state index is 0.0170. The van der Waals surface area contributed by atoms with Crippen LogP contribution < -0.4 is 10.6 Å². The van der Waals surface area contributed by atoms with E-state index in [9.17, 15) is 14.4 Å². The van der Waals surface area contributed by atoms with Crippen molar-refractivity contribution in [2.45, 2.75) is 27.3 Å². The maximum atomic E-state index is 12.7. The molecule has 8 nitrogen and oxygen atoms in total. The molecular formula is C22H25N3O5. The molecule has 3 rings (SSSR count). The Labute approximate surface area is 174 Å². The molecule has 30 heavy (non-hydrogen) atoms. The Bertz CT molecular complexity index is 992. The molecule has 2 N–H and O–H groups in total. The van der Waals surface area contributed by atoms with Crippen LogP contribution in [0.25, 0.3) is 0 Å². The van der Waals surface area contributed by atoms with Crippen molar-refractivity contribution in [2.75, 3.05) is 19.8 Å². The topological polar surface area (TPSA) is 98.7 Å². The lowest BCUT2D eigenvalue weighted by Crippen LogP contribution is -2.45. The molecule has 1 aromatic carbocycles. The molecule has 0 saturated carbocycles. The van der Waals surface area contributed by atoms with Crippen molar-refractivity contribution in [1.29, 1.82) is 0 Å². The average Bonchev–Trinajstić information content (AvgIpc) is 3.01. The van der Waals surface area contributed by atoms with Crippen LogP contribution in [0.2, 0.25) is 0 Å². The SMILES string of the molecule is CCOC(=O)C1=C(COC(=O)c2cc(C)n(Cc3ccccc3)c2C)NC(=O)NC1. The summed E-state index contributed by atoms with van der Waals surface area (Å²) in [5, 5.41) is 5.03. The van der Waals surface area contributed by atoms with E-state index in [-0.39, 0.29) is 31.0 Å². The zero-order chi connectivity index (χ0) is 21.7. The van der Waals surface area contributed by atoms with E-state index in [1.54, 1.807) is 13.0 Å². The quantitative estimate of drug-likeness (QED) is 0.682. The van der Waals surface area contributed by atoms with Gasteiger partial charge in [0.05, 0.1) is 30.0 Å². The number of aryl methyl sites for hydroxylation is 1. The fourth-order valence-electron chi connectivity index (χ4n) is 3.30. The van der Waals surface area contributed by atoms with Crippen LogP contribution in [0.5, 0.6) is 0 Å². The van der Waals surface area contributed by atoms with Gasteiger partial charge in [-0.3, -0.25) is 0 Å². The Morgan fingerprint density at radius 1 is 1.10 bits per heavy atom. The fraction of sp³-hybridized carbons (Fsp3) is 0.318. The predicted octanol–water partition coefficient (Wildman–Crippen LogP) is 2.44. The second-order valence-electron chi connectivity index (χ2n) is 6.92. The van der Waals surface area contributed by atoms with Crippen molar-refractivity contribution in [2.24, 2.45) is 0 Å². The molecule has 2 heterocycles. The van der Waals surface area contributed by atoms with Crippen LogP contribution in [0.3, 0.4) is 0 Å². The van der Waals surface area contributed by atoms with Crippen LogP contribution in [-0.4, -0.2) is 42.3 Å². The molecule has 1 aliphatic heterocycles. The highest BCUT2D eigenvalue weighted by Gasteiger charge is 2.25. The van der Waals surface area contributed by atoms with Gasteiger partial charge in [-0.1, -0.05) is 30.3 Å². The summed E-state index contributed by atoms with van der Waals surface area (Å²) in [5.74, 6) is -1.08. The highest BCUT2D eigenvalue weighted by molar-refractivity contribution is 5.94. The van der Waals surface area contributed by atoms with Gasteiger partial charge in [-0.05, 0) is 32.4 Å². The maximum absolute atomic E-state index is 12.7. The van der Waals surface area contributed by atoms with E-state index in [0.29, 0.717) is 12.1 Å². The van der Waals surface area contributed by atoms with Gasteiger partial charge in [0.2, 0.25) is 0 Å². The lowest BCUT2D eigenvalue weighted by Gasteiger charge is -2.21. The zero-order valence-corrected chi connectivity index (χ0v) is 17.3. The highest BCUT2D eigenvalue weighted by atomic mass is 16.5. The van der Waals surface area contributed by atoms with Crippen LogP contribution in [0.1, 0.15) is 34.2 Å². The summed E-state index contributed by atoms with van der Waals surface area (Å²) in [4.78, 5) is 36.4. The van der Waals surface area contributed by atoms with E-state index in [4.69, 9.17) is 9.47 Å². The fourth-order valence-corrected chi connectivity index (χ4v) is 3.30. The highest BCUT2D eigenvalue weighted by Crippen LogP contribution is 2.19. The molecule has 0 atom stereocenters. The van der Waals surface area contributed by atoms with Gasteiger partial charge in [-0.15, -0.1) is 0 Å². The molecular weight excluding hydrogens is 386 g/mol. The summed E-state index contributed by atoms with van der Waals surface area (Å²) < 4.78 is 12.5. The summed E-state index contributed by atoms with van der Waals surface area (Å²) in [6.07, 6.45) is 0. The summed E-state index contributed by atoms with van der Waals surface area (Å²) >= 11 is 0. The number of carbonyl (C=O) groups is 3. The number of esters is 2. The molecule has 158 valence electrons. The number of benzene rings is 1. The van der Waals surface area contributed by atoms with Crippen LogP contribution in [0.4, 0.5) is 4.79 Å². The number of carbonyl (C=O) groups excluding carboxylic acids is 3. The number of nitrogens with one attached hydrogen (secondary N) is 2. The van der Waals surface area contributed by atoms with E-state index in [0.717, 1.165) is 17.0 Å². The van der Waals surface area contributed by atoms with E-state index in [2.05, 4.69) is 10.6 Å². The molecule has 1 aliphatic rings. The largest absolute Gasteiger partial charge is 0.463 e. The van der Waals surface area contributed by atoms with Gasteiger partial charge in [-0.25, -0.2) is 14.4 Å². The molecule has 2 amide bonds. The number of hydrogen-bond donors (Lipinski definition) is 2. The van der Waals surface area contributed by atoms with Crippen molar-refractivity contribution in [3.63, 3.8) is 0 Å². The molecule has 0 aliphatic carbocycles. The van der Waals surface area contributed by atoms with Gasteiger partial charge in [-0.2, -0.15) is 0 Å². The first-order chi connectivity index (χ1) is 14.4.